The molecule has 6 heteroatoms. The predicted octanol–water partition coefficient (Wildman–Crippen LogP) is 3.06. The molecule has 0 spiro atoms. The van der Waals surface area contributed by atoms with E-state index in [0.29, 0.717) is 23.0 Å². The van der Waals surface area contributed by atoms with E-state index in [1.165, 1.54) is 0 Å². The van der Waals surface area contributed by atoms with Crippen LogP contribution in [0.1, 0.15) is 23.9 Å². The number of anilines is 1. The molecule has 0 saturated carbocycles. The topological polar surface area (TPSA) is 60.9 Å². The van der Waals surface area contributed by atoms with Crippen LogP contribution < -0.4 is 5.73 Å². The minimum Gasteiger partial charge on any atom is -0.399 e. The molecule has 1 heterocycles. The summed E-state index contributed by atoms with van der Waals surface area (Å²) in [6.45, 7) is 6.46. The molecule has 2 rings (SSSR count). The Bertz CT molecular complexity index is 667. The molecule has 0 aliphatic rings. The van der Waals surface area contributed by atoms with Gasteiger partial charge in [0.1, 0.15) is 0 Å². The Labute approximate surface area is 126 Å². The lowest BCUT2D eigenvalue weighted by Crippen LogP contribution is -2.06. The average molecular weight is 312 g/mol. The van der Waals surface area contributed by atoms with Gasteiger partial charge in [0, 0.05) is 17.1 Å². The minimum absolute atomic E-state index is 0.358. The Morgan fingerprint density at radius 1 is 1.40 bits per heavy atom. The number of aryl methyl sites for hydroxylation is 3. The van der Waals surface area contributed by atoms with Gasteiger partial charge in [-0.3, -0.25) is 8.89 Å². The fraction of sp³-hybridized carbons (Fsp3) is 0.357. The summed E-state index contributed by atoms with van der Waals surface area (Å²) in [4.78, 5) is 0.759. The third kappa shape index (κ3) is 2.88. The second-order valence-corrected chi connectivity index (χ2v) is 6.50. The second kappa shape index (κ2) is 5.97. The van der Waals surface area contributed by atoms with E-state index < -0.39 is 10.8 Å². The van der Waals surface area contributed by atoms with E-state index in [1.807, 2.05) is 26.8 Å². The van der Waals surface area contributed by atoms with Crippen molar-refractivity contribution >= 4 is 28.1 Å². The Kier molecular flexibility index (Phi) is 4.50. The van der Waals surface area contributed by atoms with Crippen LogP contribution in [0.3, 0.4) is 0 Å². The number of hydrogen-bond acceptors (Lipinski definition) is 3. The lowest BCUT2D eigenvalue weighted by molar-refractivity contribution is 0.627. The van der Waals surface area contributed by atoms with Gasteiger partial charge in [0.2, 0.25) is 0 Å². The molecular formula is C14H18ClN3OS. The van der Waals surface area contributed by atoms with Gasteiger partial charge in [-0.1, -0.05) is 11.6 Å². The number of rotatable bonds is 4. The molecule has 1 unspecified atom stereocenters. The zero-order valence-corrected chi connectivity index (χ0v) is 13.4. The SMILES string of the molecule is CCn1nc(C)c(Cl)c1CS(=O)c1ccc(N)c(C)c1. The molecule has 4 nitrogen and oxygen atoms in total. The summed E-state index contributed by atoms with van der Waals surface area (Å²) in [6.07, 6.45) is 0. The minimum atomic E-state index is -1.16. The van der Waals surface area contributed by atoms with Gasteiger partial charge in [0.25, 0.3) is 0 Å². The highest BCUT2D eigenvalue weighted by atomic mass is 35.5. The Balaban J connectivity index is 2.30. The maximum absolute atomic E-state index is 12.5. The second-order valence-electron chi connectivity index (χ2n) is 4.67. The quantitative estimate of drug-likeness (QED) is 0.883. The van der Waals surface area contributed by atoms with Crippen molar-refractivity contribution < 1.29 is 4.21 Å². The van der Waals surface area contributed by atoms with E-state index >= 15 is 0 Å². The first-order valence-corrected chi connectivity index (χ1v) is 8.10. The zero-order valence-electron chi connectivity index (χ0n) is 11.8. The summed E-state index contributed by atoms with van der Waals surface area (Å²) in [5, 5.41) is 4.94. The molecule has 0 aliphatic heterocycles. The monoisotopic (exact) mass is 311 g/mol. The number of nitrogens with zero attached hydrogens (tertiary/aromatic N) is 2. The summed E-state index contributed by atoms with van der Waals surface area (Å²) >= 11 is 6.24. The van der Waals surface area contributed by atoms with Crippen molar-refractivity contribution in [2.24, 2.45) is 0 Å². The highest BCUT2D eigenvalue weighted by Gasteiger charge is 2.16. The Hall–Kier alpha value is -1.33. The van der Waals surface area contributed by atoms with Crippen LogP contribution in [0.25, 0.3) is 0 Å². The van der Waals surface area contributed by atoms with E-state index in [4.69, 9.17) is 17.3 Å². The maximum atomic E-state index is 12.5. The van der Waals surface area contributed by atoms with Crippen LogP contribution in [0, 0.1) is 13.8 Å². The van der Waals surface area contributed by atoms with Crippen LogP contribution in [0.15, 0.2) is 23.1 Å². The summed E-state index contributed by atoms with van der Waals surface area (Å²) < 4.78 is 14.3. The smallest absolute Gasteiger partial charge is 0.0856 e. The molecule has 0 fully saturated rings. The summed E-state index contributed by atoms with van der Waals surface area (Å²) in [6, 6.07) is 5.44. The first kappa shape index (κ1) is 15.1. The summed E-state index contributed by atoms with van der Waals surface area (Å²) in [5.41, 5.74) is 9.01. The molecule has 1 aromatic heterocycles. The van der Waals surface area contributed by atoms with Crippen molar-refractivity contribution in [1.82, 2.24) is 9.78 Å². The van der Waals surface area contributed by atoms with Crippen LogP contribution in [-0.4, -0.2) is 14.0 Å². The summed E-state index contributed by atoms with van der Waals surface area (Å²) in [7, 11) is -1.16. The van der Waals surface area contributed by atoms with E-state index in [0.717, 1.165) is 21.8 Å². The molecule has 0 aliphatic carbocycles. The van der Waals surface area contributed by atoms with E-state index in [9.17, 15) is 4.21 Å². The highest BCUT2D eigenvalue weighted by Crippen LogP contribution is 2.24. The van der Waals surface area contributed by atoms with Gasteiger partial charge in [-0.05, 0) is 44.5 Å². The van der Waals surface area contributed by atoms with Gasteiger partial charge in [-0.2, -0.15) is 5.10 Å². The van der Waals surface area contributed by atoms with Crippen molar-refractivity contribution in [2.75, 3.05) is 5.73 Å². The molecule has 108 valence electrons. The van der Waals surface area contributed by atoms with Gasteiger partial charge in [0.05, 0.1) is 33.0 Å². The van der Waals surface area contributed by atoms with Crippen molar-refractivity contribution in [3.8, 4) is 0 Å². The van der Waals surface area contributed by atoms with Crippen LogP contribution in [0.4, 0.5) is 5.69 Å². The maximum Gasteiger partial charge on any atom is 0.0856 e. The number of aromatic nitrogens is 2. The molecule has 0 amide bonds. The summed E-state index contributed by atoms with van der Waals surface area (Å²) in [5.74, 6) is 0.358. The molecular weight excluding hydrogens is 294 g/mol. The van der Waals surface area contributed by atoms with Gasteiger partial charge in [-0.25, -0.2) is 0 Å². The fourth-order valence-corrected chi connectivity index (χ4v) is 3.52. The predicted molar refractivity (Wildman–Crippen MR) is 83.4 cm³/mol. The normalized spacial score (nSPS) is 12.6. The number of benzene rings is 1. The van der Waals surface area contributed by atoms with E-state index in [1.54, 1.807) is 16.8 Å². The molecule has 20 heavy (non-hydrogen) atoms. The number of nitrogen functional groups attached to an aromatic ring is 1. The molecule has 1 aromatic carbocycles. The molecule has 0 radical (unpaired) electrons. The lowest BCUT2D eigenvalue weighted by Gasteiger charge is -2.07. The Morgan fingerprint density at radius 3 is 2.70 bits per heavy atom. The van der Waals surface area contributed by atoms with Crippen LogP contribution in [0.5, 0.6) is 0 Å². The number of halogens is 1. The molecule has 2 aromatic rings. The molecule has 0 saturated heterocycles. The Morgan fingerprint density at radius 2 is 2.10 bits per heavy atom. The first-order chi connectivity index (χ1) is 9.43. The number of hydrogen-bond donors (Lipinski definition) is 1. The van der Waals surface area contributed by atoms with Crippen molar-refractivity contribution in [1.29, 1.82) is 0 Å². The van der Waals surface area contributed by atoms with E-state index in [2.05, 4.69) is 5.10 Å². The van der Waals surface area contributed by atoms with Crippen molar-refractivity contribution in [3.63, 3.8) is 0 Å². The van der Waals surface area contributed by atoms with Crippen LogP contribution >= 0.6 is 11.6 Å². The molecule has 2 N–H and O–H groups in total. The fourth-order valence-electron chi connectivity index (χ4n) is 2.00. The molecule has 0 bridgehead atoms. The highest BCUT2D eigenvalue weighted by molar-refractivity contribution is 7.84. The van der Waals surface area contributed by atoms with Crippen molar-refractivity contribution in [2.45, 2.75) is 38.0 Å². The van der Waals surface area contributed by atoms with E-state index in [-0.39, 0.29) is 0 Å². The van der Waals surface area contributed by atoms with Crippen LogP contribution in [-0.2, 0) is 23.1 Å². The van der Waals surface area contributed by atoms with Gasteiger partial charge in [-0.15, -0.1) is 0 Å². The first-order valence-electron chi connectivity index (χ1n) is 6.40. The molecule has 1 atom stereocenters. The van der Waals surface area contributed by atoms with Gasteiger partial charge >= 0.3 is 0 Å². The zero-order chi connectivity index (χ0) is 14.9. The lowest BCUT2D eigenvalue weighted by atomic mass is 10.2. The van der Waals surface area contributed by atoms with Crippen LogP contribution in [0.2, 0.25) is 5.02 Å². The third-order valence-electron chi connectivity index (χ3n) is 3.22. The third-order valence-corrected chi connectivity index (χ3v) is 5.03. The van der Waals surface area contributed by atoms with Crippen molar-refractivity contribution in [3.05, 3.63) is 40.2 Å². The van der Waals surface area contributed by atoms with Gasteiger partial charge in [0.15, 0.2) is 0 Å². The average Bonchev–Trinajstić information content (AvgIpc) is 2.69. The van der Waals surface area contributed by atoms with Gasteiger partial charge < -0.3 is 5.73 Å². The number of nitrogens with two attached hydrogens (primary N) is 1. The largest absolute Gasteiger partial charge is 0.399 e. The standard InChI is InChI=1S/C14H18ClN3OS/c1-4-18-13(14(15)10(3)17-18)8-20(19)11-5-6-12(16)9(2)7-11/h5-7H,4,8,16H2,1-3H3.